The summed E-state index contributed by atoms with van der Waals surface area (Å²) in [5, 5.41) is 19.0. The van der Waals surface area contributed by atoms with Crippen LogP contribution in [0.2, 0.25) is 0 Å². The number of benzene rings is 3. The zero-order chi connectivity index (χ0) is 20.1. The van der Waals surface area contributed by atoms with E-state index in [0.29, 0.717) is 6.42 Å². The van der Waals surface area contributed by atoms with Gasteiger partial charge >= 0.3 is 0 Å². The number of hydrogen-bond acceptors (Lipinski definition) is 6. The van der Waals surface area contributed by atoms with Crippen molar-refractivity contribution in [2.24, 2.45) is 0 Å². The minimum absolute atomic E-state index is 0.0273. The number of carbonyl (C=O) groups is 1. The Kier molecular flexibility index (Phi) is 6.38. The highest BCUT2D eigenvalue weighted by atomic mass is 17.1. The Morgan fingerprint density at radius 3 is 2.29 bits per heavy atom. The van der Waals surface area contributed by atoms with E-state index in [1.54, 1.807) is 19.2 Å². The van der Waals surface area contributed by atoms with Crippen molar-refractivity contribution >= 4 is 16.6 Å². The van der Waals surface area contributed by atoms with Gasteiger partial charge in [-0.25, -0.2) is 4.84 Å². The molecule has 0 spiro atoms. The standard InChI is InChI=1S/C22H23NO5/c1-15(18-7-8-20-13-21(27-2)10-9-19(20)12-18)22(24)11-16-3-5-17(6-4-16)14-28-23(25)26/h3-10,12-13,15,25-26H,11,14H2,1-2H3. The van der Waals surface area contributed by atoms with Gasteiger partial charge < -0.3 is 4.74 Å². The summed E-state index contributed by atoms with van der Waals surface area (Å²) in [5.41, 5.74) is 2.65. The molecular weight excluding hydrogens is 358 g/mol. The second-order valence-electron chi connectivity index (χ2n) is 6.68. The lowest BCUT2D eigenvalue weighted by Gasteiger charge is -2.13. The molecule has 0 aliphatic carbocycles. The van der Waals surface area contributed by atoms with Crippen molar-refractivity contribution in [3.05, 3.63) is 77.4 Å². The van der Waals surface area contributed by atoms with E-state index < -0.39 is 0 Å². The Bertz CT molecular complexity index is 953. The molecule has 6 nitrogen and oxygen atoms in total. The van der Waals surface area contributed by atoms with Crippen LogP contribution in [0, 0.1) is 0 Å². The van der Waals surface area contributed by atoms with Gasteiger partial charge in [-0.15, -0.1) is 0 Å². The molecule has 0 saturated heterocycles. The van der Waals surface area contributed by atoms with Crippen molar-refractivity contribution in [1.29, 1.82) is 0 Å². The van der Waals surface area contributed by atoms with Crippen molar-refractivity contribution in [3.8, 4) is 5.75 Å². The Balaban J connectivity index is 1.67. The normalized spacial score (nSPS) is 12.3. The topological polar surface area (TPSA) is 79.2 Å². The molecule has 0 bridgehead atoms. The van der Waals surface area contributed by atoms with Crippen LogP contribution in [0.3, 0.4) is 0 Å². The smallest absolute Gasteiger partial charge is 0.144 e. The van der Waals surface area contributed by atoms with Crippen LogP contribution in [-0.2, 0) is 22.7 Å². The molecule has 0 aliphatic heterocycles. The zero-order valence-corrected chi connectivity index (χ0v) is 15.8. The van der Waals surface area contributed by atoms with Gasteiger partial charge in [0.15, 0.2) is 0 Å². The average molecular weight is 381 g/mol. The number of hydrogen-bond donors (Lipinski definition) is 2. The molecule has 0 radical (unpaired) electrons. The number of carbonyl (C=O) groups excluding carboxylic acids is 1. The highest BCUT2D eigenvalue weighted by molar-refractivity contribution is 5.90. The van der Waals surface area contributed by atoms with Gasteiger partial charge in [-0.1, -0.05) is 55.5 Å². The van der Waals surface area contributed by atoms with Gasteiger partial charge in [-0.05, 0) is 39.6 Å². The fourth-order valence-corrected chi connectivity index (χ4v) is 3.06. The molecule has 0 saturated carbocycles. The lowest BCUT2D eigenvalue weighted by molar-refractivity contribution is -0.497. The largest absolute Gasteiger partial charge is 0.497 e. The molecule has 1 unspecified atom stereocenters. The first-order chi connectivity index (χ1) is 13.5. The van der Waals surface area contributed by atoms with Crippen LogP contribution >= 0.6 is 0 Å². The molecule has 0 aliphatic rings. The Labute approximate surface area is 163 Å². The molecule has 3 rings (SSSR count). The second-order valence-corrected chi connectivity index (χ2v) is 6.68. The quantitative estimate of drug-likeness (QED) is 0.567. The van der Waals surface area contributed by atoms with E-state index in [0.717, 1.165) is 33.2 Å². The zero-order valence-electron chi connectivity index (χ0n) is 15.8. The van der Waals surface area contributed by atoms with E-state index in [1.807, 2.05) is 55.5 Å². The summed E-state index contributed by atoms with van der Waals surface area (Å²) in [6.07, 6.45) is 0.328. The number of rotatable bonds is 8. The molecule has 3 aromatic carbocycles. The maximum atomic E-state index is 12.7. The molecular formula is C22H23NO5. The summed E-state index contributed by atoms with van der Waals surface area (Å²) in [6, 6.07) is 19.2. The fourth-order valence-electron chi connectivity index (χ4n) is 3.06. The summed E-state index contributed by atoms with van der Waals surface area (Å²) in [7, 11) is 1.64. The predicted octanol–water partition coefficient (Wildman–Crippen LogP) is 4.28. The van der Waals surface area contributed by atoms with E-state index in [2.05, 4.69) is 4.84 Å². The average Bonchev–Trinajstić information content (AvgIpc) is 2.71. The third-order valence-electron chi connectivity index (χ3n) is 4.80. The summed E-state index contributed by atoms with van der Waals surface area (Å²) in [4.78, 5) is 17.3. The third kappa shape index (κ3) is 4.94. The van der Waals surface area contributed by atoms with Crippen LogP contribution in [0.4, 0.5) is 0 Å². The lowest BCUT2D eigenvalue weighted by Crippen LogP contribution is -2.14. The van der Waals surface area contributed by atoms with Crippen LogP contribution in [-0.4, -0.2) is 28.7 Å². The van der Waals surface area contributed by atoms with Crippen molar-refractivity contribution in [2.75, 3.05) is 7.11 Å². The number of ether oxygens (including phenoxy) is 1. The van der Waals surface area contributed by atoms with Gasteiger partial charge in [-0.3, -0.25) is 15.2 Å². The number of methoxy groups -OCH3 is 1. The van der Waals surface area contributed by atoms with E-state index in [9.17, 15) is 4.79 Å². The number of ketones is 1. The minimum atomic E-state index is -0.321. The van der Waals surface area contributed by atoms with E-state index >= 15 is 0 Å². The Hall–Kier alpha value is -2.77. The van der Waals surface area contributed by atoms with Gasteiger partial charge in [0, 0.05) is 12.3 Å². The molecule has 0 heterocycles. The van der Waals surface area contributed by atoms with Crippen molar-refractivity contribution in [1.82, 2.24) is 5.39 Å². The van der Waals surface area contributed by atoms with Gasteiger partial charge in [-0.2, -0.15) is 0 Å². The summed E-state index contributed by atoms with van der Waals surface area (Å²) in [5.74, 6) is 0.726. The van der Waals surface area contributed by atoms with E-state index in [-0.39, 0.29) is 23.7 Å². The van der Waals surface area contributed by atoms with Crippen LogP contribution in [0.15, 0.2) is 60.7 Å². The molecule has 0 fully saturated rings. The van der Waals surface area contributed by atoms with Gasteiger partial charge in [0.05, 0.1) is 19.1 Å². The Morgan fingerprint density at radius 1 is 0.964 bits per heavy atom. The maximum Gasteiger partial charge on any atom is 0.144 e. The van der Waals surface area contributed by atoms with Crippen LogP contribution in [0.1, 0.15) is 29.5 Å². The molecule has 0 amide bonds. The van der Waals surface area contributed by atoms with Crippen molar-refractivity contribution in [2.45, 2.75) is 25.9 Å². The van der Waals surface area contributed by atoms with Gasteiger partial charge in [0.2, 0.25) is 0 Å². The molecule has 146 valence electrons. The van der Waals surface area contributed by atoms with Gasteiger partial charge in [0.1, 0.15) is 11.5 Å². The second kappa shape index (κ2) is 8.95. The van der Waals surface area contributed by atoms with E-state index in [1.165, 1.54) is 0 Å². The SMILES string of the molecule is COc1ccc2cc(C(C)C(=O)Cc3ccc(CON(O)O)cc3)ccc2c1. The van der Waals surface area contributed by atoms with Crippen LogP contribution in [0.5, 0.6) is 5.75 Å². The van der Waals surface area contributed by atoms with Crippen molar-refractivity contribution in [3.63, 3.8) is 0 Å². The highest BCUT2D eigenvalue weighted by Crippen LogP contribution is 2.26. The summed E-state index contributed by atoms with van der Waals surface area (Å²) in [6.45, 7) is 1.95. The van der Waals surface area contributed by atoms with Gasteiger partial charge in [0.25, 0.3) is 0 Å². The summed E-state index contributed by atoms with van der Waals surface area (Å²) >= 11 is 0. The van der Waals surface area contributed by atoms with Crippen LogP contribution < -0.4 is 4.74 Å². The van der Waals surface area contributed by atoms with Crippen molar-refractivity contribution < 1.29 is 24.8 Å². The highest BCUT2D eigenvalue weighted by Gasteiger charge is 2.16. The molecule has 6 heteroatoms. The first-order valence-electron chi connectivity index (χ1n) is 8.95. The molecule has 2 N–H and O–H groups in total. The minimum Gasteiger partial charge on any atom is -0.497 e. The molecule has 28 heavy (non-hydrogen) atoms. The number of Topliss-reactive ketones (excluding diaryl/α,β-unsaturated/α-hetero) is 1. The first-order valence-corrected chi connectivity index (χ1v) is 8.95. The monoisotopic (exact) mass is 381 g/mol. The molecule has 0 aromatic heterocycles. The first kappa shape index (κ1) is 20.0. The van der Waals surface area contributed by atoms with Crippen LogP contribution in [0.25, 0.3) is 10.8 Å². The number of nitrogens with zero attached hydrogens (tertiary/aromatic N) is 1. The van der Waals surface area contributed by atoms with E-state index in [4.69, 9.17) is 15.2 Å². The number of fused-ring (bicyclic) bond motifs is 1. The maximum absolute atomic E-state index is 12.7. The third-order valence-corrected chi connectivity index (χ3v) is 4.80. The molecule has 3 aromatic rings. The Morgan fingerprint density at radius 2 is 1.61 bits per heavy atom. The predicted molar refractivity (Wildman–Crippen MR) is 104 cm³/mol. The summed E-state index contributed by atoms with van der Waals surface area (Å²) < 4.78 is 5.25. The molecule has 1 atom stereocenters. The fraction of sp³-hybridized carbons (Fsp3) is 0.227. The lowest BCUT2D eigenvalue weighted by atomic mass is 9.91.